The van der Waals surface area contributed by atoms with Crippen molar-refractivity contribution in [3.8, 4) is 0 Å². The molecule has 1 aromatic carbocycles. The molecule has 0 radical (unpaired) electrons. The largest absolute Gasteiger partial charge is 0.352 e. The first kappa shape index (κ1) is 23.2. The summed E-state index contributed by atoms with van der Waals surface area (Å²) >= 11 is 0. The number of nitrogens with zero attached hydrogens (tertiary/aromatic N) is 3. The maximum atomic E-state index is 13.8. The van der Waals surface area contributed by atoms with Crippen molar-refractivity contribution in [1.82, 2.24) is 9.80 Å². The van der Waals surface area contributed by atoms with Gasteiger partial charge in [-0.2, -0.15) is 0 Å². The first-order chi connectivity index (χ1) is 14.2. The highest BCUT2D eigenvalue weighted by atomic mass is 19.3. The van der Waals surface area contributed by atoms with Crippen molar-refractivity contribution in [3.63, 3.8) is 0 Å². The van der Waals surface area contributed by atoms with Crippen molar-refractivity contribution in [1.29, 1.82) is 0 Å². The number of amides is 1. The van der Waals surface area contributed by atoms with E-state index in [-0.39, 0.29) is 34.8 Å². The van der Waals surface area contributed by atoms with Crippen molar-refractivity contribution in [2.45, 2.75) is 26.2 Å². The Morgan fingerprint density at radius 3 is 2.20 bits per heavy atom. The molecule has 0 spiro atoms. The highest BCUT2D eigenvalue weighted by Crippen LogP contribution is 2.31. The summed E-state index contributed by atoms with van der Waals surface area (Å²) in [4.78, 5) is 32.7. The summed E-state index contributed by atoms with van der Waals surface area (Å²) in [6, 6.07) is 5.32. The Morgan fingerprint density at radius 2 is 1.70 bits per heavy atom. The highest BCUT2D eigenvalue weighted by Gasteiger charge is 2.30. The molecule has 0 aromatic heterocycles. The number of hydrogen-bond donors (Lipinski definition) is 0. The SMILES string of the molecule is C=CC(=O)N1CCN(C(=N/C=C\C)C(=C)C(=O)c2ccc(C(F)(F)CC)cc2)CC1. The fourth-order valence-corrected chi connectivity index (χ4v) is 3.11. The summed E-state index contributed by atoms with van der Waals surface area (Å²) in [5, 5.41) is 0. The van der Waals surface area contributed by atoms with E-state index in [4.69, 9.17) is 0 Å². The third kappa shape index (κ3) is 5.28. The van der Waals surface area contributed by atoms with Crippen LogP contribution in [0.3, 0.4) is 0 Å². The minimum atomic E-state index is -2.93. The van der Waals surface area contributed by atoms with E-state index < -0.39 is 5.92 Å². The summed E-state index contributed by atoms with van der Waals surface area (Å²) in [7, 11) is 0. The second kappa shape index (κ2) is 10.1. The van der Waals surface area contributed by atoms with Crippen molar-refractivity contribution < 1.29 is 18.4 Å². The van der Waals surface area contributed by atoms with Crippen LogP contribution >= 0.6 is 0 Å². The number of Topliss-reactive ketones (excluding diaryl/α,β-unsaturated/α-hetero) is 1. The number of benzene rings is 1. The number of aliphatic imine (C=N–C) groups is 1. The first-order valence-electron chi connectivity index (χ1n) is 9.82. The monoisotopic (exact) mass is 415 g/mol. The number of halogens is 2. The van der Waals surface area contributed by atoms with Gasteiger partial charge in [-0.25, -0.2) is 13.8 Å². The van der Waals surface area contributed by atoms with Gasteiger partial charge in [-0.15, -0.1) is 0 Å². The highest BCUT2D eigenvalue weighted by molar-refractivity contribution is 6.26. The molecule has 0 atom stereocenters. The van der Waals surface area contributed by atoms with Crippen LogP contribution in [0.4, 0.5) is 8.78 Å². The molecule has 1 saturated heterocycles. The molecule has 0 saturated carbocycles. The maximum Gasteiger partial charge on any atom is 0.273 e. The van der Waals surface area contributed by atoms with E-state index in [9.17, 15) is 18.4 Å². The number of alkyl halides is 2. The molecule has 5 nitrogen and oxygen atoms in total. The molecular formula is C23H27F2N3O2. The molecule has 1 aromatic rings. The zero-order chi connectivity index (χ0) is 22.3. The molecule has 1 amide bonds. The van der Waals surface area contributed by atoms with E-state index in [0.29, 0.717) is 32.0 Å². The van der Waals surface area contributed by atoms with Crippen LogP contribution in [0.15, 0.2) is 66.3 Å². The van der Waals surface area contributed by atoms with Gasteiger partial charge in [0.1, 0.15) is 5.84 Å². The standard InChI is InChI=1S/C23H27F2N3O2/c1-5-12-26-22(28-15-13-27(14-16-28)20(29)6-2)17(4)21(30)18-8-10-19(11-9-18)23(24,25)7-3/h5-6,8-12H,2,4,7,13-16H2,1,3H3/b12-5-,26-22?. The number of carbonyl (C=O) groups is 2. The van der Waals surface area contributed by atoms with E-state index in [2.05, 4.69) is 18.2 Å². The lowest BCUT2D eigenvalue weighted by Gasteiger charge is -2.36. The molecule has 0 bridgehead atoms. The molecule has 160 valence electrons. The molecule has 0 aliphatic carbocycles. The maximum absolute atomic E-state index is 13.8. The van der Waals surface area contributed by atoms with E-state index in [1.165, 1.54) is 37.3 Å². The van der Waals surface area contributed by atoms with Gasteiger partial charge in [0.15, 0.2) is 5.78 Å². The van der Waals surface area contributed by atoms with Gasteiger partial charge in [-0.1, -0.05) is 50.4 Å². The Morgan fingerprint density at radius 1 is 1.13 bits per heavy atom. The number of carbonyl (C=O) groups excluding carboxylic acids is 2. The molecule has 1 aliphatic heterocycles. The van der Waals surface area contributed by atoms with Gasteiger partial charge in [0.25, 0.3) is 5.92 Å². The van der Waals surface area contributed by atoms with Crippen LogP contribution in [0.1, 0.15) is 36.2 Å². The third-order valence-electron chi connectivity index (χ3n) is 4.97. The average molecular weight is 415 g/mol. The summed E-state index contributed by atoms with van der Waals surface area (Å²) in [5.74, 6) is -3.04. The molecule has 0 unspecified atom stereocenters. The topological polar surface area (TPSA) is 53.0 Å². The van der Waals surface area contributed by atoms with Crippen LogP contribution in [0.25, 0.3) is 0 Å². The summed E-state index contributed by atoms with van der Waals surface area (Å²) < 4.78 is 27.7. The van der Waals surface area contributed by atoms with Crippen LogP contribution in [-0.4, -0.2) is 53.5 Å². The zero-order valence-corrected chi connectivity index (χ0v) is 17.4. The van der Waals surface area contributed by atoms with Gasteiger partial charge in [-0.05, 0) is 13.0 Å². The van der Waals surface area contributed by atoms with Crippen molar-refractivity contribution in [2.75, 3.05) is 26.2 Å². The van der Waals surface area contributed by atoms with Gasteiger partial charge >= 0.3 is 0 Å². The molecular weight excluding hydrogens is 388 g/mol. The number of amidine groups is 1. The fourth-order valence-electron chi connectivity index (χ4n) is 3.11. The normalized spacial score (nSPS) is 15.4. The van der Waals surface area contributed by atoms with E-state index in [1.54, 1.807) is 24.1 Å². The number of ketones is 1. The van der Waals surface area contributed by atoms with Crippen molar-refractivity contribution in [2.24, 2.45) is 4.99 Å². The van der Waals surface area contributed by atoms with Gasteiger partial charge in [0.05, 0.1) is 5.57 Å². The van der Waals surface area contributed by atoms with E-state index in [0.717, 1.165) is 0 Å². The minimum absolute atomic E-state index is 0.127. The number of rotatable bonds is 7. The Labute approximate surface area is 176 Å². The predicted octanol–water partition coefficient (Wildman–Crippen LogP) is 4.19. The first-order valence-corrected chi connectivity index (χ1v) is 9.82. The van der Waals surface area contributed by atoms with Gasteiger partial charge in [0.2, 0.25) is 5.91 Å². The quantitative estimate of drug-likeness (QED) is 0.290. The Kier molecular flexibility index (Phi) is 7.80. The van der Waals surface area contributed by atoms with Crippen LogP contribution in [0.2, 0.25) is 0 Å². The van der Waals surface area contributed by atoms with E-state index >= 15 is 0 Å². The van der Waals surface area contributed by atoms with Crippen LogP contribution in [0, 0.1) is 0 Å². The van der Waals surface area contributed by atoms with Gasteiger partial charge in [0, 0.05) is 49.9 Å². The average Bonchev–Trinajstić information content (AvgIpc) is 2.78. The van der Waals surface area contributed by atoms with Crippen molar-refractivity contribution in [3.05, 3.63) is 72.5 Å². The molecule has 1 fully saturated rings. The lowest BCUT2D eigenvalue weighted by atomic mass is 9.99. The van der Waals surface area contributed by atoms with Crippen molar-refractivity contribution >= 4 is 17.5 Å². The van der Waals surface area contributed by atoms with Gasteiger partial charge < -0.3 is 9.80 Å². The molecule has 0 N–H and O–H groups in total. The van der Waals surface area contributed by atoms with Crippen LogP contribution in [0.5, 0.6) is 0 Å². The Hall–Kier alpha value is -3.09. The third-order valence-corrected chi connectivity index (χ3v) is 4.97. The number of hydrogen-bond acceptors (Lipinski definition) is 3. The van der Waals surface area contributed by atoms with Gasteiger partial charge in [-0.3, -0.25) is 9.59 Å². The second-order valence-corrected chi connectivity index (χ2v) is 6.89. The number of piperazine rings is 1. The summed E-state index contributed by atoms with van der Waals surface area (Å²) in [6.45, 7) is 12.6. The predicted molar refractivity (Wildman–Crippen MR) is 115 cm³/mol. The summed E-state index contributed by atoms with van der Waals surface area (Å²) in [5.41, 5.74) is 0.314. The Balaban J connectivity index is 2.20. The Bertz CT molecular complexity index is 865. The number of allylic oxidation sites excluding steroid dienone is 1. The molecule has 2 rings (SSSR count). The molecule has 30 heavy (non-hydrogen) atoms. The van der Waals surface area contributed by atoms with Crippen LogP contribution in [-0.2, 0) is 10.7 Å². The molecule has 7 heteroatoms. The summed E-state index contributed by atoms with van der Waals surface area (Å²) in [6.07, 6.45) is 4.27. The molecule has 1 heterocycles. The lowest BCUT2D eigenvalue weighted by molar-refractivity contribution is -0.127. The molecule has 1 aliphatic rings. The smallest absolute Gasteiger partial charge is 0.273 e. The zero-order valence-electron chi connectivity index (χ0n) is 17.4. The minimum Gasteiger partial charge on any atom is -0.352 e. The van der Waals surface area contributed by atoms with Crippen LogP contribution < -0.4 is 0 Å². The van der Waals surface area contributed by atoms with E-state index in [1.807, 2.05) is 4.90 Å². The fraction of sp³-hybridized carbons (Fsp3) is 0.348. The lowest BCUT2D eigenvalue weighted by Crippen LogP contribution is -2.51. The second-order valence-electron chi connectivity index (χ2n) is 6.89.